The molecule has 1 heterocycles. The smallest absolute Gasteiger partial charge is 0.279 e. The summed E-state index contributed by atoms with van der Waals surface area (Å²) in [5.74, 6) is 1.44. The molecule has 0 saturated heterocycles. The molecule has 0 aliphatic rings. The largest absolute Gasteiger partial charge is 0.457 e. The second kappa shape index (κ2) is 5.50. The third-order valence-electron chi connectivity index (χ3n) is 3.65. The average molecular weight is 302 g/mol. The standard InChI is InChI=1S/C19H14N2O2/c22-19-17-11-4-5-12-18(17)20-21(19)14-7-6-10-16(13-14)23-15-8-2-1-3-9-15/h1-13,20H. The van der Waals surface area contributed by atoms with Crippen LogP contribution < -0.4 is 10.3 Å². The minimum atomic E-state index is -0.0718. The zero-order valence-electron chi connectivity index (χ0n) is 12.3. The zero-order chi connectivity index (χ0) is 15.6. The van der Waals surface area contributed by atoms with Gasteiger partial charge in [-0.1, -0.05) is 36.4 Å². The van der Waals surface area contributed by atoms with Crippen molar-refractivity contribution in [3.63, 3.8) is 0 Å². The number of para-hydroxylation sites is 2. The minimum absolute atomic E-state index is 0.0718. The fraction of sp³-hybridized carbons (Fsp3) is 0. The van der Waals surface area contributed by atoms with Crippen molar-refractivity contribution < 1.29 is 4.74 Å². The molecule has 3 aromatic carbocycles. The van der Waals surface area contributed by atoms with Crippen molar-refractivity contribution in [1.82, 2.24) is 9.78 Å². The maximum absolute atomic E-state index is 12.5. The first-order chi connectivity index (χ1) is 11.3. The number of ether oxygens (including phenoxy) is 1. The number of hydrogen-bond donors (Lipinski definition) is 1. The third-order valence-corrected chi connectivity index (χ3v) is 3.65. The van der Waals surface area contributed by atoms with E-state index in [4.69, 9.17) is 4.74 Å². The van der Waals surface area contributed by atoms with E-state index in [-0.39, 0.29) is 5.56 Å². The number of aromatic nitrogens is 2. The molecule has 1 N–H and O–H groups in total. The van der Waals surface area contributed by atoms with Crippen LogP contribution in [0.15, 0.2) is 83.7 Å². The Morgan fingerprint density at radius 3 is 2.35 bits per heavy atom. The number of nitrogens with zero attached hydrogens (tertiary/aromatic N) is 1. The zero-order valence-corrected chi connectivity index (χ0v) is 12.3. The maximum atomic E-state index is 12.5. The lowest BCUT2D eigenvalue weighted by Gasteiger charge is -2.07. The molecule has 0 unspecified atom stereocenters. The Morgan fingerprint density at radius 2 is 1.52 bits per heavy atom. The van der Waals surface area contributed by atoms with Gasteiger partial charge in [0.2, 0.25) is 0 Å². The Morgan fingerprint density at radius 1 is 0.783 bits per heavy atom. The van der Waals surface area contributed by atoms with Gasteiger partial charge < -0.3 is 4.74 Å². The second-order valence-electron chi connectivity index (χ2n) is 5.21. The van der Waals surface area contributed by atoms with Crippen LogP contribution in [0.5, 0.6) is 11.5 Å². The van der Waals surface area contributed by atoms with Crippen LogP contribution in [0.25, 0.3) is 16.6 Å². The van der Waals surface area contributed by atoms with Gasteiger partial charge in [0.15, 0.2) is 0 Å². The number of benzene rings is 3. The van der Waals surface area contributed by atoms with E-state index in [1.54, 1.807) is 0 Å². The van der Waals surface area contributed by atoms with Crippen LogP contribution in [-0.2, 0) is 0 Å². The highest BCUT2D eigenvalue weighted by Crippen LogP contribution is 2.23. The van der Waals surface area contributed by atoms with Gasteiger partial charge in [0.1, 0.15) is 11.5 Å². The van der Waals surface area contributed by atoms with Crippen molar-refractivity contribution in [3.05, 3.63) is 89.2 Å². The van der Waals surface area contributed by atoms with Gasteiger partial charge in [-0.2, -0.15) is 0 Å². The van der Waals surface area contributed by atoms with Crippen LogP contribution in [0.4, 0.5) is 0 Å². The molecule has 4 heteroatoms. The second-order valence-corrected chi connectivity index (χ2v) is 5.21. The molecule has 0 spiro atoms. The summed E-state index contributed by atoms with van der Waals surface area (Å²) in [7, 11) is 0. The average Bonchev–Trinajstić information content (AvgIpc) is 2.93. The molecule has 0 radical (unpaired) electrons. The van der Waals surface area contributed by atoms with Crippen molar-refractivity contribution in [2.45, 2.75) is 0 Å². The highest BCUT2D eigenvalue weighted by Gasteiger charge is 2.08. The predicted octanol–water partition coefficient (Wildman–Crippen LogP) is 4.11. The Labute approximate surface area is 132 Å². The Bertz CT molecular complexity index is 1020. The fourth-order valence-electron chi connectivity index (χ4n) is 2.55. The summed E-state index contributed by atoms with van der Waals surface area (Å²) in [6.07, 6.45) is 0. The first-order valence-electron chi connectivity index (χ1n) is 7.34. The summed E-state index contributed by atoms with van der Waals surface area (Å²) in [4.78, 5) is 12.5. The molecule has 4 rings (SSSR count). The number of hydrogen-bond acceptors (Lipinski definition) is 2. The quantitative estimate of drug-likeness (QED) is 0.619. The summed E-state index contributed by atoms with van der Waals surface area (Å²) >= 11 is 0. The fourth-order valence-corrected chi connectivity index (χ4v) is 2.55. The maximum Gasteiger partial charge on any atom is 0.279 e. The van der Waals surface area contributed by atoms with Crippen molar-refractivity contribution in [3.8, 4) is 17.2 Å². The van der Waals surface area contributed by atoms with Gasteiger partial charge in [0, 0.05) is 6.07 Å². The Kier molecular flexibility index (Phi) is 3.20. The van der Waals surface area contributed by atoms with Crippen LogP contribution in [0.2, 0.25) is 0 Å². The molecule has 0 atom stereocenters. The summed E-state index contributed by atoms with van der Waals surface area (Å²) in [6, 6.07) is 24.5. The Hall–Kier alpha value is -3.27. The lowest BCUT2D eigenvalue weighted by molar-refractivity contribution is 0.482. The summed E-state index contributed by atoms with van der Waals surface area (Å²) in [5.41, 5.74) is 1.48. The molecule has 0 fully saturated rings. The van der Waals surface area contributed by atoms with Crippen molar-refractivity contribution in [2.24, 2.45) is 0 Å². The van der Waals surface area contributed by atoms with E-state index in [0.717, 1.165) is 17.0 Å². The highest BCUT2D eigenvalue weighted by molar-refractivity contribution is 5.78. The molecule has 1 aromatic heterocycles. The minimum Gasteiger partial charge on any atom is -0.457 e. The summed E-state index contributed by atoms with van der Waals surface area (Å²) < 4.78 is 7.36. The van der Waals surface area contributed by atoms with E-state index in [1.165, 1.54) is 4.68 Å². The molecule has 0 aliphatic heterocycles. The molecule has 0 amide bonds. The summed E-state index contributed by atoms with van der Waals surface area (Å²) in [6.45, 7) is 0. The molecular formula is C19H14N2O2. The number of nitrogens with one attached hydrogen (secondary N) is 1. The molecule has 4 aromatic rings. The van der Waals surface area contributed by atoms with Gasteiger partial charge in [0.05, 0.1) is 16.6 Å². The first kappa shape index (κ1) is 13.4. The van der Waals surface area contributed by atoms with Crippen molar-refractivity contribution in [1.29, 1.82) is 0 Å². The molecule has 112 valence electrons. The van der Waals surface area contributed by atoms with E-state index in [1.807, 2.05) is 78.9 Å². The SMILES string of the molecule is O=c1c2ccccc2[nH]n1-c1cccc(Oc2ccccc2)c1. The van der Waals surface area contributed by atoms with Crippen LogP contribution >= 0.6 is 0 Å². The third kappa shape index (κ3) is 2.51. The van der Waals surface area contributed by atoms with E-state index < -0.39 is 0 Å². The molecule has 0 bridgehead atoms. The van der Waals surface area contributed by atoms with Gasteiger partial charge >= 0.3 is 0 Å². The predicted molar refractivity (Wildman–Crippen MR) is 90.4 cm³/mol. The van der Waals surface area contributed by atoms with Crippen LogP contribution in [0, 0.1) is 0 Å². The number of fused-ring (bicyclic) bond motifs is 1. The van der Waals surface area contributed by atoms with Crippen LogP contribution in [-0.4, -0.2) is 9.78 Å². The van der Waals surface area contributed by atoms with Gasteiger partial charge in [-0.25, -0.2) is 4.68 Å². The van der Waals surface area contributed by atoms with Gasteiger partial charge in [-0.15, -0.1) is 0 Å². The van der Waals surface area contributed by atoms with Crippen LogP contribution in [0.1, 0.15) is 0 Å². The van der Waals surface area contributed by atoms with Crippen LogP contribution in [0.3, 0.4) is 0 Å². The topological polar surface area (TPSA) is 47.0 Å². The number of H-pyrrole nitrogens is 1. The van der Waals surface area contributed by atoms with E-state index in [2.05, 4.69) is 5.10 Å². The molecular weight excluding hydrogens is 288 g/mol. The first-order valence-corrected chi connectivity index (χ1v) is 7.34. The van der Waals surface area contributed by atoms with Gasteiger partial charge in [-0.3, -0.25) is 9.89 Å². The molecule has 0 saturated carbocycles. The van der Waals surface area contributed by atoms with E-state index in [0.29, 0.717) is 11.1 Å². The van der Waals surface area contributed by atoms with E-state index in [9.17, 15) is 4.79 Å². The Balaban J connectivity index is 1.76. The lowest BCUT2D eigenvalue weighted by Crippen LogP contribution is -2.14. The highest BCUT2D eigenvalue weighted by atomic mass is 16.5. The van der Waals surface area contributed by atoms with Crippen molar-refractivity contribution >= 4 is 10.9 Å². The summed E-state index contributed by atoms with van der Waals surface area (Å²) in [5, 5.41) is 3.79. The normalized spacial score (nSPS) is 10.8. The molecule has 0 aliphatic carbocycles. The monoisotopic (exact) mass is 302 g/mol. The lowest BCUT2D eigenvalue weighted by atomic mass is 10.2. The molecule has 23 heavy (non-hydrogen) atoms. The van der Waals surface area contributed by atoms with Crippen molar-refractivity contribution in [2.75, 3.05) is 0 Å². The number of aromatic amines is 1. The number of rotatable bonds is 3. The molecule has 4 nitrogen and oxygen atoms in total. The van der Waals surface area contributed by atoms with Gasteiger partial charge in [0.25, 0.3) is 5.56 Å². The van der Waals surface area contributed by atoms with E-state index >= 15 is 0 Å². The van der Waals surface area contributed by atoms with Gasteiger partial charge in [-0.05, 0) is 36.4 Å².